The zero-order chi connectivity index (χ0) is 41.7. The number of aromatic nitrogens is 2. The molecule has 10 rings (SSSR count). The molecule has 2 aliphatic rings. The molecule has 0 unspecified atom stereocenters. The number of pyridine rings is 1. The minimum atomic E-state index is -0.517. The molecular formula is C55H50N4OPt. The maximum Gasteiger partial charge on any atom is 2.00 e. The smallest absolute Gasteiger partial charge is 0.517 e. The predicted octanol–water partition coefficient (Wildman–Crippen LogP) is 13.5. The van der Waals surface area contributed by atoms with Gasteiger partial charge in [0.1, 0.15) is 23.9 Å². The number of aryl methyl sites for hydroxylation is 3. The monoisotopic (exact) mass is 977 g/mol. The van der Waals surface area contributed by atoms with Crippen LogP contribution >= 0.6 is 0 Å². The van der Waals surface area contributed by atoms with Crippen LogP contribution in [0.4, 0.5) is 17.1 Å². The van der Waals surface area contributed by atoms with Gasteiger partial charge in [0, 0.05) is 17.4 Å². The molecule has 0 spiro atoms. The quantitative estimate of drug-likeness (QED) is 0.161. The second kappa shape index (κ2) is 14.7. The van der Waals surface area contributed by atoms with E-state index >= 15 is 0 Å². The molecule has 6 aromatic carbocycles. The van der Waals surface area contributed by atoms with Gasteiger partial charge in [0.25, 0.3) is 0 Å². The summed E-state index contributed by atoms with van der Waals surface area (Å²) in [4.78, 5) is 12.7. The molecule has 0 amide bonds. The largest absolute Gasteiger partial charge is 2.00 e. The van der Waals surface area contributed by atoms with E-state index in [1.54, 1.807) is 0 Å². The number of anilines is 3. The fraction of sp³-hybridized carbons (Fsp3) is 0.236. The summed E-state index contributed by atoms with van der Waals surface area (Å²) >= 11 is 0. The molecule has 2 aromatic heterocycles. The Balaban J connectivity index is 0.00000476. The minimum Gasteiger partial charge on any atom is -0.517 e. The first-order chi connectivity index (χ1) is 28.7. The van der Waals surface area contributed by atoms with Crippen LogP contribution in [0, 0.1) is 32.9 Å². The van der Waals surface area contributed by atoms with Gasteiger partial charge >= 0.3 is 21.1 Å². The SMILES string of the molecule is Cc1ccc2c(c1)c1cc3c([c-]c1n2-c1cc(C(C)(C)C)ccn1)N(c1[c-]c(C2=N[C@](C)(c4ccccc4)CO2)cc(-c2c(C)cccc2C)c1)c1ccccc1C3(C)C.[Pt+2]. The van der Waals surface area contributed by atoms with E-state index in [4.69, 9.17) is 14.7 Å². The number of hydrogen-bond acceptors (Lipinski definition) is 4. The molecular weight excluding hydrogens is 928 g/mol. The van der Waals surface area contributed by atoms with Crippen LogP contribution in [0.3, 0.4) is 0 Å². The molecule has 0 aliphatic carbocycles. The van der Waals surface area contributed by atoms with Crippen LogP contribution in [-0.2, 0) is 42.2 Å². The van der Waals surface area contributed by atoms with E-state index in [0.717, 1.165) is 56.0 Å². The first kappa shape index (κ1) is 40.6. The second-order valence-electron chi connectivity index (χ2n) is 18.6. The van der Waals surface area contributed by atoms with Gasteiger partial charge in [0.15, 0.2) is 0 Å². The van der Waals surface area contributed by atoms with E-state index in [0.29, 0.717) is 12.5 Å². The van der Waals surface area contributed by atoms with Gasteiger partial charge in [-0.3, -0.25) is 4.99 Å². The van der Waals surface area contributed by atoms with Crippen LogP contribution in [-0.4, -0.2) is 22.1 Å². The van der Waals surface area contributed by atoms with Crippen molar-refractivity contribution in [2.75, 3.05) is 11.5 Å². The van der Waals surface area contributed by atoms with Gasteiger partial charge < -0.3 is 14.2 Å². The molecule has 6 heteroatoms. The third kappa shape index (κ3) is 6.64. The second-order valence-corrected chi connectivity index (χ2v) is 18.6. The van der Waals surface area contributed by atoms with Crippen molar-refractivity contribution in [1.29, 1.82) is 0 Å². The Hall–Kier alpha value is -5.77. The molecule has 0 bridgehead atoms. The summed E-state index contributed by atoms with van der Waals surface area (Å²) in [7, 11) is 0. The third-order valence-electron chi connectivity index (χ3n) is 12.8. The van der Waals surface area contributed by atoms with E-state index in [1.807, 2.05) is 12.3 Å². The van der Waals surface area contributed by atoms with Crippen molar-refractivity contribution in [2.24, 2.45) is 4.99 Å². The Morgan fingerprint density at radius 3 is 2.21 bits per heavy atom. The number of ether oxygens (including phenoxy) is 1. The van der Waals surface area contributed by atoms with Crippen molar-refractivity contribution in [3.63, 3.8) is 0 Å². The average Bonchev–Trinajstić information content (AvgIpc) is 3.79. The molecule has 0 radical (unpaired) electrons. The van der Waals surface area contributed by atoms with E-state index in [-0.39, 0.29) is 31.9 Å². The third-order valence-corrected chi connectivity index (χ3v) is 12.8. The maximum atomic E-state index is 6.56. The van der Waals surface area contributed by atoms with Crippen molar-refractivity contribution >= 4 is 44.8 Å². The maximum absolute atomic E-state index is 6.56. The Morgan fingerprint density at radius 1 is 0.721 bits per heavy atom. The van der Waals surface area contributed by atoms with Crippen molar-refractivity contribution in [3.05, 3.63) is 184 Å². The fourth-order valence-electron chi connectivity index (χ4n) is 9.49. The molecule has 2 aliphatic heterocycles. The van der Waals surface area contributed by atoms with Gasteiger partial charge in [-0.2, -0.15) is 6.07 Å². The Morgan fingerprint density at radius 2 is 1.46 bits per heavy atom. The van der Waals surface area contributed by atoms with Crippen molar-refractivity contribution < 1.29 is 25.8 Å². The van der Waals surface area contributed by atoms with Gasteiger partial charge in [0.05, 0.1) is 0 Å². The molecule has 306 valence electrons. The summed E-state index contributed by atoms with van der Waals surface area (Å²) in [6.07, 6.45) is 1.94. The number of fused-ring (bicyclic) bond motifs is 5. The molecule has 8 aromatic rings. The van der Waals surface area contributed by atoms with Crippen LogP contribution in [0.1, 0.15) is 86.1 Å². The first-order valence-corrected chi connectivity index (χ1v) is 21.0. The van der Waals surface area contributed by atoms with Crippen molar-refractivity contribution in [1.82, 2.24) is 9.55 Å². The molecule has 1 atom stereocenters. The zero-order valence-corrected chi connectivity index (χ0v) is 38.6. The fourth-order valence-corrected chi connectivity index (χ4v) is 9.49. The average molecular weight is 978 g/mol. The molecule has 61 heavy (non-hydrogen) atoms. The van der Waals surface area contributed by atoms with E-state index in [1.165, 1.54) is 44.3 Å². The van der Waals surface area contributed by atoms with Crippen LogP contribution in [0.15, 0.2) is 133 Å². The number of hydrogen-bond donors (Lipinski definition) is 0. The summed E-state index contributed by atoms with van der Waals surface area (Å²) in [5.41, 5.74) is 15.7. The summed E-state index contributed by atoms with van der Waals surface area (Å²) < 4.78 is 8.86. The summed E-state index contributed by atoms with van der Waals surface area (Å²) in [6, 6.07) is 51.8. The van der Waals surface area contributed by atoms with Crippen molar-refractivity contribution in [2.45, 2.75) is 78.7 Å². The number of benzene rings is 6. The van der Waals surface area contributed by atoms with Gasteiger partial charge in [-0.05, 0) is 107 Å². The number of para-hydroxylation sites is 1. The zero-order valence-electron chi connectivity index (χ0n) is 36.3. The molecule has 0 saturated heterocycles. The Labute approximate surface area is 374 Å². The van der Waals surface area contributed by atoms with Crippen LogP contribution in [0.25, 0.3) is 38.8 Å². The van der Waals surface area contributed by atoms with Crippen LogP contribution in [0.2, 0.25) is 0 Å². The van der Waals surface area contributed by atoms with Gasteiger partial charge in [-0.25, -0.2) is 4.98 Å². The molecule has 5 nitrogen and oxygen atoms in total. The van der Waals surface area contributed by atoms with Crippen molar-refractivity contribution in [3.8, 4) is 16.9 Å². The van der Waals surface area contributed by atoms with E-state index < -0.39 is 5.54 Å². The predicted molar refractivity (Wildman–Crippen MR) is 248 cm³/mol. The topological polar surface area (TPSA) is 42.7 Å². The molecule has 4 heterocycles. The van der Waals surface area contributed by atoms with E-state index in [2.05, 4.69) is 199 Å². The van der Waals surface area contributed by atoms with Gasteiger partial charge in [-0.15, -0.1) is 35.2 Å². The minimum absolute atomic E-state index is 0. The van der Waals surface area contributed by atoms with E-state index in [9.17, 15) is 0 Å². The van der Waals surface area contributed by atoms with Gasteiger partial charge in [0.2, 0.25) is 0 Å². The van der Waals surface area contributed by atoms with Crippen LogP contribution < -0.4 is 4.90 Å². The molecule has 0 N–H and O–H groups in total. The molecule has 0 fully saturated rings. The normalized spacial score (nSPS) is 16.8. The Kier molecular flexibility index (Phi) is 9.79. The summed E-state index contributed by atoms with van der Waals surface area (Å²) in [5.74, 6) is 1.48. The molecule has 0 saturated carbocycles. The number of nitrogens with zero attached hydrogens (tertiary/aromatic N) is 4. The number of rotatable bonds is 5. The summed E-state index contributed by atoms with van der Waals surface area (Å²) in [5, 5.41) is 2.35. The van der Waals surface area contributed by atoms with Crippen LogP contribution in [0.5, 0.6) is 0 Å². The standard InChI is InChI=1S/C55H50N4O.Pt/c1-34-22-23-46-42(26-34)43-31-45-49(32-48(43)59(46)50-30-40(24-25-56-50)53(4,5)6)58(47-21-14-13-20-44(47)54(45,7)8)41-28-37(51-35(2)16-15-17-36(51)3)27-38(29-41)52-57-55(9,33-60-52)39-18-11-10-12-19-39;/h10-28,30-31H,33H2,1-9H3;/q-2;+2/t55-;/m0./s1. The first-order valence-electron chi connectivity index (χ1n) is 21.0. The van der Waals surface area contributed by atoms with Gasteiger partial charge in [-0.1, -0.05) is 141 Å². The number of aliphatic imine (C=N–C) groups is 1. The Bertz CT molecular complexity index is 3040. The summed E-state index contributed by atoms with van der Waals surface area (Å²) in [6.45, 7) is 20.6.